The molecule has 21 heavy (non-hydrogen) atoms. The first-order chi connectivity index (χ1) is 9.80. The molecule has 0 unspecified atom stereocenters. The van der Waals surface area contributed by atoms with Crippen molar-refractivity contribution in [2.75, 3.05) is 39.1 Å². The van der Waals surface area contributed by atoms with E-state index in [1.165, 1.54) is 6.07 Å². The maximum absolute atomic E-state index is 11.5. The minimum absolute atomic E-state index is 0.0529. The van der Waals surface area contributed by atoms with Gasteiger partial charge in [0.2, 0.25) is 0 Å². The molecule has 0 fully saturated rings. The molecule has 0 bridgehead atoms. The third-order valence-corrected chi connectivity index (χ3v) is 4.34. The number of hydrogen-bond donors (Lipinski definition) is 1. The second-order valence-corrected chi connectivity index (χ2v) is 6.72. The molecule has 0 aromatic heterocycles. The van der Waals surface area contributed by atoms with Gasteiger partial charge in [-0.1, -0.05) is 24.3 Å². The zero-order valence-electron chi connectivity index (χ0n) is 12.4. The van der Waals surface area contributed by atoms with Crippen LogP contribution in [0.3, 0.4) is 0 Å². The molecule has 0 saturated heterocycles. The summed E-state index contributed by atoms with van der Waals surface area (Å²) in [6.45, 7) is 1.72. The zero-order chi connectivity index (χ0) is 15.6. The molecule has 6 heteroatoms. The van der Waals surface area contributed by atoms with Crippen LogP contribution in [-0.2, 0) is 10.1 Å². The van der Waals surface area contributed by atoms with Crippen molar-refractivity contribution in [2.24, 2.45) is 0 Å². The smallest absolute Gasteiger partial charge is 0.295 e. The Labute approximate surface area is 125 Å². The Morgan fingerprint density at radius 3 is 2.19 bits per heavy atom. The highest BCUT2D eigenvalue weighted by atomic mass is 32.2. The van der Waals surface area contributed by atoms with Crippen molar-refractivity contribution in [1.29, 1.82) is 0 Å². The Hall–Kier alpha value is -1.63. The number of hydrogen-bond acceptors (Lipinski definition) is 4. The number of anilines is 1. The molecule has 0 aliphatic rings. The van der Waals surface area contributed by atoms with Crippen LogP contribution in [0.5, 0.6) is 0 Å². The van der Waals surface area contributed by atoms with Crippen LogP contribution in [0.1, 0.15) is 0 Å². The van der Waals surface area contributed by atoms with E-state index in [0.717, 1.165) is 24.2 Å². The van der Waals surface area contributed by atoms with Crippen LogP contribution in [0.15, 0.2) is 41.3 Å². The van der Waals surface area contributed by atoms with Gasteiger partial charge in [0, 0.05) is 36.6 Å². The average Bonchev–Trinajstić information content (AvgIpc) is 2.42. The molecular formula is C15H20N2O3S. The molecule has 0 saturated carbocycles. The lowest BCUT2D eigenvalue weighted by atomic mass is 10.1. The first-order valence-corrected chi connectivity index (χ1v) is 8.10. The average molecular weight is 308 g/mol. The third kappa shape index (κ3) is 3.53. The SMILES string of the molecule is CN(C)CCN(C)c1cccc2c(S(=O)(=O)O)cccc12. The molecule has 2 aromatic carbocycles. The number of fused-ring (bicyclic) bond motifs is 1. The topological polar surface area (TPSA) is 60.9 Å². The molecule has 0 spiro atoms. The Bertz CT molecular complexity index is 742. The summed E-state index contributed by atoms with van der Waals surface area (Å²) in [5.41, 5.74) is 0.944. The van der Waals surface area contributed by atoms with E-state index in [0.29, 0.717) is 5.39 Å². The van der Waals surface area contributed by atoms with Gasteiger partial charge in [-0.3, -0.25) is 4.55 Å². The van der Waals surface area contributed by atoms with Gasteiger partial charge in [-0.25, -0.2) is 0 Å². The molecule has 0 aliphatic carbocycles. The fraction of sp³-hybridized carbons (Fsp3) is 0.333. The predicted octanol–water partition coefficient (Wildman–Crippen LogP) is 2.08. The lowest BCUT2D eigenvalue weighted by molar-refractivity contribution is 0.416. The van der Waals surface area contributed by atoms with Crippen molar-refractivity contribution >= 4 is 26.6 Å². The lowest BCUT2D eigenvalue weighted by Crippen LogP contribution is -2.28. The quantitative estimate of drug-likeness (QED) is 0.857. The summed E-state index contributed by atoms with van der Waals surface area (Å²) in [5.74, 6) is 0. The van der Waals surface area contributed by atoms with Crippen LogP contribution in [0, 0.1) is 0 Å². The van der Waals surface area contributed by atoms with Crippen molar-refractivity contribution in [3.05, 3.63) is 36.4 Å². The molecule has 0 heterocycles. The molecule has 0 aliphatic heterocycles. The summed E-state index contributed by atoms with van der Waals surface area (Å²) >= 11 is 0. The Morgan fingerprint density at radius 2 is 1.57 bits per heavy atom. The predicted molar refractivity (Wildman–Crippen MR) is 85.6 cm³/mol. The van der Waals surface area contributed by atoms with Gasteiger partial charge in [0.05, 0.1) is 0 Å². The van der Waals surface area contributed by atoms with E-state index in [9.17, 15) is 13.0 Å². The van der Waals surface area contributed by atoms with Crippen molar-refractivity contribution in [3.63, 3.8) is 0 Å². The molecule has 1 N–H and O–H groups in total. The van der Waals surface area contributed by atoms with Crippen molar-refractivity contribution in [2.45, 2.75) is 4.90 Å². The van der Waals surface area contributed by atoms with E-state index < -0.39 is 10.1 Å². The van der Waals surface area contributed by atoms with Gasteiger partial charge < -0.3 is 9.80 Å². The van der Waals surface area contributed by atoms with E-state index in [2.05, 4.69) is 9.80 Å². The maximum Gasteiger partial charge on any atom is 0.295 e. The van der Waals surface area contributed by atoms with E-state index in [-0.39, 0.29) is 4.90 Å². The summed E-state index contributed by atoms with van der Waals surface area (Å²) < 4.78 is 32.3. The standard InChI is InChI=1S/C15H20N2O3S/c1-16(2)10-11-17(3)14-8-4-7-13-12(14)6-5-9-15(13)21(18,19)20/h4-9H,10-11H2,1-3H3,(H,18,19,20). The number of rotatable bonds is 5. The number of nitrogens with zero attached hydrogens (tertiary/aromatic N) is 2. The van der Waals surface area contributed by atoms with E-state index in [1.54, 1.807) is 18.2 Å². The van der Waals surface area contributed by atoms with Crippen LogP contribution in [0.25, 0.3) is 10.8 Å². The number of likely N-dealkylation sites (N-methyl/N-ethyl adjacent to an activating group) is 2. The third-order valence-electron chi connectivity index (χ3n) is 3.43. The lowest BCUT2D eigenvalue weighted by Gasteiger charge is -2.23. The van der Waals surface area contributed by atoms with Crippen LogP contribution in [0.4, 0.5) is 5.69 Å². The summed E-state index contributed by atoms with van der Waals surface area (Å²) in [5, 5.41) is 1.35. The first-order valence-electron chi connectivity index (χ1n) is 6.66. The molecule has 0 radical (unpaired) electrons. The van der Waals surface area contributed by atoms with Gasteiger partial charge in [0.25, 0.3) is 10.1 Å². The van der Waals surface area contributed by atoms with Crippen molar-refractivity contribution < 1.29 is 13.0 Å². The first kappa shape index (κ1) is 15.8. The Morgan fingerprint density at radius 1 is 0.952 bits per heavy atom. The normalized spacial score (nSPS) is 12.0. The fourth-order valence-electron chi connectivity index (χ4n) is 2.29. The Balaban J connectivity index is 2.52. The summed E-state index contributed by atoms with van der Waals surface area (Å²) in [6.07, 6.45) is 0. The summed E-state index contributed by atoms with van der Waals surface area (Å²) in [4.78, 5) is 4.12. The number of benzene rings is 2. The highest BCUT2D eigenvalue weighted by Crippen LogP contribution is 2.30. The van der Waals surface area contributed by atoms with Gasteiger partial charge in [-0.15, -0.1) is 0 Å². The molecule has 2 aromatic rings. The van der Waals surface area contributed by atoms with Gasteiger partial charge in [-0.2, -0.15) is 8.42 Å². The molecule has 0 amide bonds. The largest absolute Gasteiger partial charge is 0.373 e. The summed E-state index contributed by atoms with van der Waals surface area (Å²) in [7, 11) is 1.76. The zero-order valence-corrected chi connectivity index (χ0v) is 13.3. The van der Waals surface area contributed by atoms with E-state index in [1.807, 2.05) is 33.3 Å². The van der Waals surface area contributed by atoms with Gasteiger partial charge in [0.15, 0.2) is 0 Å². The van der Waals surface area contributed by atoms with Crippen molar-refractivity contribution in [3.8, 4) is 0 Å². The summed E-state index contributed by atoms with van der Waals surface area (Å²) in [6, 6.07) is 10.4. The molecular weight excluding hydrogens is 288 g/mol. The van der Waals surface area contributed by atoms with E-state index >= 15 is 0 Å². The molecule has 0 atom stereocenters. The van der Waals surface area contributed by atoms with Crippen molar-refractivity contribution in [1.82, 2.24) is 4.90 Å². The van der Waals surface area contributed by atoms with E-state index in [4.69, 9.17) is 0 Å². The van der Waals surface area contributed by atoms with Gasteiger partial charge in [0.1, 0.15) is 4.90 Å². The molecule has 5 nitrogen and oxygen atoms in total. The molecule has 2 rings (SSSR count). The minimum Gasteiger partial charge on any atom is -0.373 e. The highest BCUT2D eigenvalue weighted by molar-refractivity contribution is 7.86. The minimum atomic E-state index is -4.22. The Kier molecular flexibility index (Phi) is 4.51. The second kappa shape index (κ2) is 6.01. The maximum atomic E-state index is 11.5. The van der Waals surface area contributed by atoms with Crippen LogP contribution >= 0.6 is 0 Å². The highest BCUT2D eigenvalue weighted by Gasteiger charge is 2.15. The van der Waals surface area contributed by atoms with Crippen LogP contribution in [-0.4, -0.2) is 52.1 Å². The molecule has 114 valence electrons. The fourth-order valence-corrected chi connectivity index (χ4v) is 3.00. The van der Waals surface area contributed by atoms with Gasteiger partial charge in [-0.05, 0) is 26.2 Å². The monoisotopic (exact) mass is 308 g/mol. The van der Waals surface area contributed by atoms with Crippen LogP contribution in [0.2, 0.25) is 0 Å². The van der Waals surface area contributed by atoms with Crippen LogP contribution < -0.4 is 4.90 Å². The second-order valence-electron chi connectivity index (χ2n) is 5.33. The van der Waals surface area contributed by atoms with Gasteiger partial charge >= 0.3 is 0 Å².